The molecule has 0 aliphatic carbocycles. The van der Waals surface area contributed by atoms with E-state index in [0.29, 0.717) is 37.4 Å². The van der Waals surface area contributed by atoms with Gasteiger partial charge in [-0.1, -0.05) is 12.0 Å². The summed E-state index contributed by atoms with van der Waals surface area (Å²) in [5.41, 5.74) is 0.813. The van der Waals surface area contributed by atoms with Gasteiger partial charge in [-0.05, 0) is 18.7 Å². The third-order valence-corrected chi connectivity index (χ3v) is 2.79. The van der Waals surface area contributed by atoms with E-state index >= 15 is 0 Å². The molecule has 7 nitrogen and oxygen atoms in total. The van der Waals surface area contributed by atoms with Crippen LogP contribution in [0.1, 0.15) is 12.8 Å². The molecule has 0 bridgehead atoms. The molecule has 0 radical (unpaired) electrons. The van der Waals surface area contributed by atoms with Crippen molar-refractivity contribution in [3.63, 3.8) is 0 Å². The van der Waals surface area contributed by atoms with Gasteiger partial charge in [-0.3, -0.25) is 0 Å². The smallest absolute Gasteiger partial charge is 0.320 e. The summed E-state index contributed by atoms with van der Waals surface area (Å²) in [7, 11) is 0. The molecule has 0 amide bonds. The van der Waals surface area contributed by atoms with Crippen LogP contribution in [0.2, 0.25) is 0 Å². The molecule has 0 saturated carbocycles. The molecule has 2 N–H and O–H groups in total. The van der Waals surface area contributed by atoms with E-state index in [2.05, 4.69) is 20.8 Å². The molecule has 3 rings (SSSR count). The van der Waals surface area contributed by atoms with Gasteiger partial charge in [0.15, 0.2) is 11.5 Å². The number of ether oxygens (including phenoxy) is 2. The van der Waals surface area contributed by atoms with Gasteiger partial charge in [0.2, 0.25) is 5.89 Å². The minimum atomic E-state index is 0.356. The molecule has 1 aromatic heterocycles. The maximum Gasteiger partial charge on any atom is 0.320 e. The van der Waals surface area contributed by atoms with E-state index < -0.39 is 0 Å². The Labute approximate surface area is 116 Å². The summed E-state index contributed by atoms with van der Waals surface area (Å²) < 4.78 is 16.4. The fourth-order valence-corrected chi connectivity index (χ4v) is 1.85. The second-order valence-corrected chi connectivity index (χ2v) is 4.26. The molecule has 106 valence electrons. The highest BCUT2D eigenvalue weighted by atomic mass is 16.6. The lowest BCUT2D eigenvalue weighted by Crippen LogP contribution is -2.15. The maximum absolute atomic E-state index is 5.52. The third kappa shape index (κ3) is 2.83. The number of nitrogens with zero attached hydrogens (tertiary/aromatic N) is 2. The SMILES string of the molecule is CCNCc1nnc(Nc2ccc3c(c2)OCCO3)o1. The van der Waals surface area contributed by atoms with Crippen LogP contribution in [0.4, 0.5) is 11.7 Å². The lowest BCUT2D eigenvalue weighted by atomic mass is 10.2. The molecule has 20 heavy (non-hydrogen) atoms. The van der Waals surface area contributed by atoms with Gasteiger partial charge in [0.05, 0.1) is 6.54 Å². The lowest BCUT2D eigenvalue weighted by Gasteiger charge is -2.18. The second-order valence-electron chi connectivity index (χ2n) is 4.26. The van der Waals surface area contributed by atoms with E-state index in [1.807, 2.05) is 25.1 Å². The predicted molar refractivity (Wildman–Crippen MR) is 72.4 cm³/mol. The van der Waals surface area contributed by atoms with Gasteiger partial charge in [-0.25, -0.2) is 0 Å². The highest BCUT2D eigenvalue weighted by Crippen LogP contribution is 2.33. The van der Waals surface area contributed by atoms with Gasteiger partial charge in [0.25, 0.3) is 0 Å². The Morgan fingerprint density at radius 2 is 2.00 bits per heavy atom. The van der Waals surface area contributed by atoms with Gasteiger partial charge >= 0.3 is 6.01 Å². The highest BCUT2D eigenvalue weighted by molar-refractivity contribution is 5.59. The minimum Gasteiger partial charge on any atom is -0.486 e. The van der Waals surface area contributed by atoms with Crippen molar-refractivity contribution in [2.45, 2.75) is 13.5 Å². The molecule has 2 heterocycles. The molecule has 1 aliphatic rings. The fourth-order valence-electron chi connectivity index (χ4n) is 1.85. The van der Waals surface area contributed by atoms with E-state index in [-0.39, 0.29) is 0 Å². The monoisotopic (exact) mass is 276 g/mol. The molecule has 2 aromatic rings. The van der Waals surface area contributed by atoms with Crippen molar-refractivity contribution in [1.29, 1.82) is 0 Å². The number of aromatic nitrogens is 2. The van der Waals surface area contributed by atoms with E-state index in [0.717, 1.165) is 18.0 Å². The molecular weight excluding hydrogens is 260 g/mol. The van der Waals surface area contributed by atoms with Crippen LogP contribution in [-0.4, -0.2) is 30.0 Å². The van der Waals surface area contributed by atoms with Gasteiger partial charge in [-0.15, -0.1) is 5.10 Å². The molecule has 1 aliphatic heterocycles. The Hall–Kier alpha value is -2.28. The van der Waals surface area contributed by atoms with Crippen LogP contribution in [0.25, 0.3) is 0 Å². The summed E-state index contributed by atoms with van der Waals surface area (Å²) in [6, 6.07) is 5.94. The van der Waals surface area contributed by atoms with Crippen molar-refractivity contribution in [3.8, 4) is 11.5 Å². The Balaban J connectivity index is 1.69. The fraction of sp³-hybridized carbons (Fsp3) is 0.385. The zero-order valence-electron chi connectivity index (χ0n) is 11.2. The number of anilines is 2. The Bertz CT molecular complexity index is 585. The van der Waals surface area contributed by atoms with E-state index in [1.165, 1.54) is 0 Å². The quantitative estimate of drug-likeness (QED) is 0.860. The number of fused-ring (bicyclic) bond motifs is 1. The molecule has 0 spiro atoms. The number of hydrogen-bond donors (Lipinski definition) is 2. The molecule has 0 saturated heterocycles. The van der Waals surface area contributed by atoms with Crippen LogP contribution in [0.15, 0.2) is 22.6 Å². The Morgan fingerprint density at radius 1 is 1.15 bits per heavy atom. The normalized spacial score (nSPS) is 13.2. The van der Waals surface area contributed by atoms with Gasteiger partial charge in [-0.2, -0.15) is 0 Å². The van der Waals surface area contributed by atoms with Crippen molar-refractivity contribution in [3.05, 3.63) is 24.1 Å². The van der Waals surface area contributed by atoms with Crippen molar-refractivity contribution >= 4 is 11.7 Å². The average Bonchev–Trinajstić information content (AvgIpc) is 2.92. The van der Waals surface area contributed by atoms with Gasteiger partial charge in [0.1, 0.15) is 13.2 Å². The summed E-state index contributed by atoms with van der Waals surface area (Å²) in [6.07, 6.45) is 0. The zero-order valence-corrected chi connectivity index (χ0v) is 11.2. The van der Waals surface area contributed by atoms with E-state index in [9.17, 15) is 0 Å². The van der Waals surface area contributed by atoms with Crippen LogP contribution in [0.3, 0.4) is 0 Å². The van der Waals surface area contributed by atoms with Gasteiger partial charge in [0, 0.05) is 11.8 Å². The van der Waals surface area contributed by atoms with Crippen LogP contribution in [0.5, 0.6) is 11.5 Å². The summed E-state index contributed by atoms with van der Waals surface area (Å²) in [5.74, 6) is 2.01. The van der Waals surface area contributed by atoms with Crippen molar-refractivity contribution in [1.82, 2.24) is 15.5 Å². The molecule has 0 unspecified atom stereocenters. The van der Waals surface area contributed by atoms with Crippen molar-refractivity contribution in [2.75, 3.05) is 25.1 Å². The van der Waals surface area contributed by atoms with Crippen LogP contribution in [-0.2, 0) is 6.54 Å². The van der Waals surface area contributed by atoms with Crippen molar-refractivity contribution < 1.29 is 13.9 Å². The van der Waals surface area contributed by atoms with E-state index in [4.69, 9.17) is 13.9 Å². The standard InChI is InChI=1S/C13H16N4O3/c1-2-14-8-12-16-17-13(20-12)15-9-3-4-10-11(7-9)19-6-5-18-10/h3-4,7,14H,2,5-6,8H2,1H3,(H,15,17). The average molecular weight is 276 g/mol. The van der Waals surface area contributed by atoms with Crippen LogP contribution in [0, 0.1) is 0 Å². The highest BCUT2D eigenvalue weighted by Gasteiger charge is 2.13. The van der Waals surface area contributed by atoms with Gasteiger partial charge < -0.3 is 24.5 Å². The molecular formula is C13H16N4O3. The summed E-state index contributed by atoms with van der Waals surface area (Å²) in [6.45, 7) is 4.57. The largest absolute Gasteiger partial charge is 0.486 e. The summed E-state index contributed by atoms with van der Waals surface area (Å²) in [5, 5.41) is 14.0. The first-order chi connectivity index (χ1) is 9.85. The third-order valence-electron chi connectivity index (χ3n) is 2.79. The molecule has 0 fully saturated rings. The zero-order chi connectivity index (χ0) is 13.8. The number of nitrogens with one attached hydrogen (secondary N) is 2. The molecule has 1 aromatic carbocycles. The summed E-state index contributed by atoms with van der Waals surface area (Å²) >= 11 is 0. The van der Waals surface area contributed by atoms with Crippen molar-refractivity contribution in [2.24, 2.45) is 0 Å². The first kappa shape index (κ1) is 12.7. The first-order valence-corrected chi connectivity index (χ1v) is 6.55. The second kappa shape index (κ2) is 5.79. The number of rotatable bonds is 5. The first-order valence-electron chi connectivity index (χ1n) is 6.55. The summed E-state index contributed by atoms with van der Waals surface area (Å²) in [4.78, 5) is 0. The Morgan fingerprint density at radius 3 is 2.85 bits per heavy atom. The maximum atomic E-state index is 5.52. The topological polar surface area (TPSA) is 81.4 Å². The number of hydrogen-bond acceptors (Lipinski definition) is 7. The van der Waals surface area contributed by atoms with Crippen LogP contribution < -0.4 is 20.1 Å². The van der Waals surface area contributed by atoms with E-state index in [1.54, 1.807) is 0 Å². The molecule has 7 heteroatoms. The lowest BCUT2D eigenvalue weighted by molar-refractivity contribution is 0.171. The Kier molecular flexibility index (Phi) is 3.69. The molecule has 0 atom stereocenters. The van der Waals surface area contributed by atoms with Crippen LogP contribution >= 0.6 is 0 Å². The predicted octanol–water partition coefficient (Wildman–Crippen LogP) is 1.69. The minimum absolute atomic E-state index is 0.356. The number of benzene rings is 1.